The van der Waals surface area contributed by atoms with Crippen LogP contribution in [0, 0.1) is 5.82 Å². The summed E-state index contributed by atoms with van der Waals surface area (Å²) in [6.45, 7) is 0. The van der Waals surface area contributed by atoms with E-state index in [1.165, 1.54) is 23.9 Å². The van der Waals surface area contributed by atoms with E-state index in [0.29, 0.717) is 22.6 Å². The molecule has 106 valence electrons. The molecule has 0 atom stereocenters. The molecule has 0 aliphatic rings. The van der Waals surface area contributed by atoms with E-state index in [4.69, 9.17) is 16.0 Å². The highest BCUT2D eigenvalue weighted by molar-refractivity contribution is 7.98. The Labute approximate surface area is 130 Å². The third-order valence-corrected chi connectivity index (χ3v) is 3.98. The van der Waals surface area contributed by atoms with Crippen molar-refractivity contribution in [3.8, 4) is 11.5 Å². The van der Waals surface area contributed by atoms with Gasteiger partial charge >= 0.3 is 0 Å². The van der Waals surface area contributed by atoms with Gasteiger partial charge < -0.3 is 4.42 Å². The molecule has 3 rings (SSSR count). The molecule has 0 N–H and O–H groups in total. The lowest BCUT2D eigenvalue weighted by Gasteiger charge is -1.98. The Kier molecular flexibility index (Phi) is 4.22. The minimum Gasteiger partial charge on any atom is -0.420 e. The second kappa shape index (κ2) is 6.28. The number of aromatic nitrogens is 2. The monoisotopic (exact) mass is 320 g/mol. The molecular formula is C15H10ClFN2OS. The number of nitrogens with zero attached hydrogens (tertiary/aromatic N) is 2. The average Bonchev–Trinajstić information content (AvgIpc) is 2.96. The highest BCUT2D eigenvalue weighted by Gasteiger charge is 2.09. The van der Waals surface area contributed by atoms with Crippen molar-refractivity contribution in [2.45, 2.75) is 10.6 Å². The van der Waals surface area contributed by atoms with Crippen LogP contribution in [-0.4, -0.2) is 10.2 Å². The minimum absolute atomic E-state index is 0.248. The fourth-order valence-electron chi connectivity index (χ4n) is 1.70. The molecule has 0 radical (unpaired) electrons. The summed E-state index contributed by atoms with van der Waals surface area (Å²) in [6, 6.07) is 13.5. The smallest absolute Gasteiger partial charge is 0.247 e. The van der Waals surface area contributed by atoms with Crippen LogP contribution in [-0.2, 0) is 5.75 Å². The average molecular weight is 321 g/mol. The fraction of sp³-hybridized carbons (Fsp3) is 0.0667. The molecule has 1 aromatic heterocycles. The normalized spacial score (nSPS) is 10.8. The molecule has 1 heterocycles. The molecule has 0 aliphatic carbocycles. The highest BCUT2D eigenvalue weighted by atomic mass is 35.5. The summed E-state index contributed by atoms with van der Waals surface area (Å²) in [5.74, 6) is 1.27. The maximum absolute atomic E-state index is 12.8. The molecule has 0 amide bonds. The first-order valence-electron chi connectivity index (χ1n) is 6.17. The molecule has 3 nitrogen and oxygen atoms in total. The number of halogens is 2. The largest absolute Gasteiger partial charge is 0.420 e. The Morgan fingerprint density at radius 1 is 1.00 bits per heavy atom. The minimum atomic E-state index is -0.248. The Hall–Kier alpha value is -1.85. The van der Waals surface area contributed by atoms with Crippen LogP contribution < -0.4 is 0 Å². The first kappa shape index (κ1) is 14.1. The van der Waals surface area contributed by atoms with E-state index < -0.39 is 0 Å². The predicted molar refractivity (Wildman–Crippen MR) is 80.7 cm³/mol. The number of benzene rings is 2. The molecule has 6 heteroatoms. The van der Waals surface area contributed by atoms with Crippen LogP contribution in [0.4, 0.5) is 4.39 Å². The second-order valence-corrected chi connectivity index (χ2v) is 5.74. The molecule has 0 aliphatic heterocycles. The van der Waals surface area contributed by atoms with Crippen molar-refractivity contribution >= 4 is 23.4 Å². The number of hydrogen-bond donors (Lipinski definition) is 0. The number of thioether (sulfide) groups is 1. The number of rotatable bonds is 4. The van der Waals surface area contributed by atoms with Crippen molar-refractivity contribution in [2.75, 3.05) is 0 Å². The zero-order valence-corrected chi connectivity index (χ0v) is 12.4. The second-order valence-electron chi connectivity index (χ2n) is 4.25. The summed E-state index contributed by atoms with van der Waals surface area (Å²) in [5, 5.41) is 8.67. The van der Waals surface area contributed by atoms with Gasteiger partial charge in [0.25, 0.3) is 0 Å². The van der Waals surface area contributed by atoms with Crippen LogP contribution >= 0.6 is 23.4 Å². The van der Waals surface area contributed by atoms with Crippen molar-refractivity contribution in [1.82, 2.24) is 10.2 Å². The fourth-order valence-corrected chi connectivity index (χ4v) is 2.56. The van der Waals surface area contributed by atoms with Gasteiger partial charge in [0.15, 0.2) is 0 Å². The van der Waals surface area contributed by atoms with Gasteiger partial charge in [-0.3, -0.25) is 0 Å². The van der Waals surface area contributed by atoms with E-state index in [0.717, 1.165) is 10.5 Å². The van der Waals surface area contributed by atoms with Crippen molar-refractivity contribution in [2.24, 2.45) is 0 Å². The molecule has 0 saturated carbocycles. The molecule has 0 unspecified atom stereocenters. The van der Waals surface area contributed by atoms with Crippen LogP contribution in [0.25, 0.3) is 11.5 Å². The Bertz CT molecular complexity index is 728. The lowest BCUT2D eigenvalue weighted by molar-refractivity contribution is 0.528. The third kappa shape index (κ3) is 3.62. The molecule has 0 spiro atoms. The van der Waals surface area contributed by atoms with Gasteiger partial charge in [-0.2, -0.15) is 0 Å². The summed E-state index contributed by atoms with van der Waals surface area (Å²) in [7, 11) is 0. The van der Waals surface area contributed by atoms with Gasteiger partial charge in [-0.1, -0.05) is 11.6 Å². The van der Waals surface area contributed by atoms with Gasteiger partial charge in [0.05, 0.1) is 5.75 Å². The molecular weight excluding hydrogens is 311 g/mol. The van der Waals surface area contributed by atoms with Gasteiger partial charge in [-0.25, -0.2) is 4.39 Å². The molecule has 0 bridgehead atoms. The molecule has 3 aromatic rings. The van der Waals surface area contributed by atoms with Crippen LogP contribution in [0.1, 0.15) is 5.89 Å². The maximum Gasteiger partial charge on any atom is 0.247 e. The van der Waals surface area contributed by atoms with E-state index >= 15 is 0 Å². The van der Waals surface area contributed by atoms with Crippen molar-refractivity contribution in [3.05, 3.63) is 65.3 Å². The third-order valence-electron chi connectivity index (χ3n) is 2.73. The molecule has 2 aromatic carbocycles. The number of hydrogen-bond acceptors (Lipinski definition) is 4. The summed E-state index contributed by atoms with van der Waals surface area (Å²) in [6.07, 6.45) is 0. The van der Waals surface area contributed by atoms with E-state index in [1.807, 2.05) is 12.1 Å². The maximum atomic E-state index is 12.8. The molecule has 0 fully saturated rings. The van der Waals surface area contributed by atoms with Gasteiger partial charge in [0.1, 0.15) is 5.82 Å². The van der Waals surface area contributed by atoms with E-state index in [-0.39, 0.29) is 5.82 Å². The van der Waals surface area contributed by atoms with Gasteiger partial charge in [-0.15, -0.1) is 22.0 Å². The highest BCUT2D eigenvalue weighted by Crippen LogP contribution is 2.25. The van der Waals surface area contributed by atoms with Gasteiger partial charge in [0.2, 0.25) is 11.8 Å². The molecule has 0 saturated heterocycles. The SMILES string of the molecule is Fc1ccc(SCc2nnc(-c3ccc(Cl)cc3)o2)cc1. The van der Waals surface area contributed by atoms with Crippen molar-refractivity contribution in [1.29, 1.82) is 0 Å². The zero-order valence-electron chi connectivity index (χ0n) is 10.8. The van der Waals surface area contributed by atoms with E-state index in [1.54, 1.807) is 24.3 Å². The summed E-state index contributed by atoms with van der Waals surface area (Å²) >= 11 is 7.35. The zero-order chi connectivity index (χ0) is 14.7. The van der Waals surface area contributed by atoms with E-state index in [2.05, 4.69) is 10.2 Å². The van der Waals surface area contributed by atoms with Crippen LogP contribution in [0.15, 0.2) is 57.8 Å². The standard InChI is InChI=1S/C15H10ClFN2OS/c16-11-3-1-10(2-4-11)15-19-18-14(20-15)9-21-13-7-5-12(17)6-8-13/h1-8H,9H2. The van der Waals surface area contributed by atoms with Crippen LogP contribution in [0.3, 0.4) is 0 Å². The first-order chi connectivity index (χ1) is 10.2. The lowest BCUT2D eigenvalue weighted by Crippen LogP contribution is -1.81. The van der Waals surface area contributed by atoms with Crippen molar-refractivity contribution < 1.29 is 8.81 Å². The summed E-state index contributed by atoms with van der Waals surface area (Å²) < 4.78 is 18.4. The first-order valence-corrected chi connectivity index (χ1v) is 7.54. The van der Waals surface area contributed by atoms with Gasteiger partial charge in [0, 0.05) is 15.5 Å². The topological polar surface area (TPSA) is 38.9 Å². The summed E-state index contributed by atoms with van der Waals surface area (Å²) in [5.41, 5.74) is 0.824. The quantitative estimate of drug-likeness (QED) is 0.646. The van der Waals surface area contributed by atoms with Crippen LogP contribution in [0.2, 0.25) is 5.02 Å². The Morgan fingerprint density at radius 3 is 2.43 bits per heavy atom. The van der Waals surface area contributed by atoms with E-state index in [9.17, 15) is 4.39 Å². The van der Waals surface area contributed by atoms with Crippen LogP contribution in [0.5, 0.6) is 0 Å². The Morgan fingerprint density at radius 2 is 1.71 bits per heavy atom. The summed E-state index contributed by atoms with van der Waals surface area (Å²) in [4.78, 5) is 0.947. The van der Waals surface area contributed by atoms with Crippen molar-refractivity contribution in [3.63, 3.8) is 0 Å². The lowest BCUT2D eigenvalue weighted by atomic mass is 10.2. The molecule has 21 heavy (non-hydrogen) atoms. The van der Waals surface area contributed by atoms with Gasteiger partial charge in [-0.05, 0) is 48.5 Å². The Balaban J connectivity index is 1.67. The predicted octanol–water partition coefficient (Wildman–Crippen LogP) is 4.82.